The van der Waals surface area contributed by atoms with Gasteiger partial charge in [0.25, 0.3) is 0 Å². The van der Waals surface area contributed by atoms with E-state index in [0.29, 0.717) is 40.8 Å². The Balaban J connectivity index is 1.61. The molecule has 2 N–H and O–H groups in total. The van der Waals surface area contributed by atoms with Crippen LogP contribution in [-0.4, -0.2) is 28.7 Å². The Labute approximate surface area is 202 Å². The molecule has 0 unspecified atom stereocenters. The summed E-state index contributed by atoms with van der Waals surface area (Å²) in [6, 6.07) is 0. The molecule has 0 heterocycles. The zero-order valence-corrected chi connectivity index (χ0v) is 22.5. The maximum absolute atomic E-state index is 12.8. The third kappa shape index (κ3) is 2.85. The highest BCUT2D eigenvalue weighted by Crippen LogP contribution is 2.78. The Morgan fingerprint density at radius 1 is 0.879 bits per heavy atom. The van der Waals surface area contributed by atoms with Crippen LogP contribution in [0.5, 0.6) is 0 Å². The van der Waals surface area contributed by atoms with E-state index in [4.69, 9.17) is 0 Å². The molecule has 3 nitrogen and oxygen atoms in total. The summed E-state index contributed by atoms with van der Waals surface area (Å²) in [5.74, 6) is 1.59. The first-order chi connectivity index (χ1) is 15.2. The molecule has 10 atom stereocenters. The SMILES string of the molecule is C[C@H]1C(=O)CC[C@H]2[C@]3(C)CC[C@@]4(C)[C@@H]5CC(C)(C)CC[C@]5(C)CC[C@]4(CO)[C@@H]3C[C@@H](O)[C@]12C. The van der Waals surface area contributed by atoms with Crippen molar-refractivity contribution in [3.05, 3.63) is 0 Å². The first-order valence-electron chi connectivity index (χ1n) is 14.0. The molecular weight excluding hydrogens is 408 g/mol. The largest absolute Gasteiger partial charge is 0.396 e. The third-order valence-electron chi connectivity index (χ3n) is 13.8. The first kappa shape index (κ1) is 24.3. The highest BCUT2D eigenvalue weighted by Gasteiger charge is 2.73. The molecule has 5 saturated carbocycles. The molecule has 0 aromatic carbocycles. The summed E-state index contributed by atoms with van der Waals surface area (Å²) in [6.07, 6.45) is 10.4. The molecule has 3 heteroatoms. The zero-order chi connectivity index (χ0) is 24.2. The lowest BCUT2D eigenvalue weighted by molar-refractivity contribution is -0.288. The highest BCUT2D eigenvalue weighted by atomic mass is 16.3. The summed E-state index contributed by atoms with van der Waals surface area (Å²) in [7, 11) is 0. The van der Waals surface area contributed by atoms with E-state index in [2.05, 4.69) is 48.5 Å². The minimum absolute atomic E-state index is 0.0730. The lowest BCUT2D eigenvalue weighted by Crippen LogP contribution is -2.71. The van der Waals surface area contributed by atoms with Gasteiger partial charge in [-0.25, -0.2) is 0 Å². The van der Waals surface area contributed by atoms with E-state index in [0.717, 1.165) is 19.3 Å². The molecule has 5 rings (SSSR count). The molecule has 0 radical (unpaired) electrons. The fourth-order valence-electron chi connectivity index (χ4n) is 11.2. The lowest BCUT2D eigenvalue weighted by Gasteiger charge is -2.75. The van der Waals surface area contributed by atoms with Gasteiger partial charge in [-0.1, -0.05) is 48.5 Å². The Morgan fingerprint density at radius 2 is 1.55 bits per heavy atom. The second-order valence-corrected chi connectivity index (χ2v) is 15.3. The summed E-state index contributed by atoms with van der Waals surface area (Å²) < 4.78 is 0. The van der Waals surface area contributed by atoms with Gasteiger partial charge in [-0.15, -0.1) is 0 Å². The van der Waals surface area contributed by atoms with Crippen molar-refractivity contribution >= 4 is 5.78 Å². The Bertz CT molecular complexity index is 834. The summed E-state index contributed by atoms with van der Waals surface area (Å²) in [5.41, 5.74) is 0.495. The molecule has 33 heavy (non-hydrogen) atoms. The average molecular weight is 459 g/mol. The van der Waals surface area contributed by atoms with Crippen LogP contribution >= 0.6 is 0 Å². The molecular formula is C30H50O3. The van der Waals surface area contributed by atoms with Crippen molar-refractivity contribution in [2.24, 2.45) is 56.2 Å². The van der Waals surface area contributed by atoms with Gasteiger partial charge >= 0.3 is 0 Å². The standard InChI is InChI=1S/C30H50O3/c1-19-20(32)8-9-21-27(5)13-14-28(6)23-17-25(2,3)10-11-26(23,4)12-15-30(28,18-31)22(27)16-24(33)29(19,21)7/h19,21-24,31,33H,8-18H2,1-7H3/t19-,21-,22+,23+,24+,26+,27-,28-,29+,30-/m0/s1. The van der Waals surface area contributed by atoms with Crippen molar-refractivity contribution in [1.29, 1.82) is 0 Å². The molecule has 0 aromatic heterocycles. The predicted octanol–water partition coefficient (Wildman–Crippen LogP) is 6.40. The second-order valence-electron chi connectivity index (χ2n) is 15.3. The van der Waals surface area contributed by atoms with Crippen molar-refractivity contribution < 1.29 is 15.0 Å². The van der Waals surface area contributed by atoms with Crippen LogP contribution in [0.15, 0.2) is 0 Å². The minimum atomic E-state index is -0.457. The Morgan fingerprint density at radius 3 is 2.21 bits per heavy atom. The number of carbonyl (C=O) groups is 1. The molecule has 0 aliphatic heterocycles. The van der Waals surface area contributed by atoms with E-state index in [1.54, 1.807) is 0 Å². The van der Waals surface area contributed by atoms with Crippen LogP contribution in [0.2, 0.25) is 0 Å². The molecule has 5 aliphatic carbocycles. The summed E-state index contributed by atoms with van der Waals surface area (Å²) in [6.45, 7) is 17.0. The molecule has 5 fully saturated rings. The molecule has 188 valence electrons. The van der Waals surface area contributed by atoms with Gasteiger partial charge in [0.15, 0.2) is 0 Å². The number of rotatable bonds is 1. The Hall–Kier alpha value is -0.410. The topological polar surface area (TPSA) is 57.5 Å². The maximum atomic E-state index is 12.8. The summed E-state index contributed by atoms with van der Waals surface area (Å²) in [5, 5.41) is 23.0. The molecule has 0 saturated heterocycles. The minimum Gasteiger partial charge on any atom is -0.396 e. The smallest absolute Gasteiger partial charge is 0.136 e. The molecule has 0 spiro atoms. The number of hydrogen-bond acceptors (Lipinski definition) is 3. The Kier molecular flexibility index (Phi) is 5.22. The van der Waals surface area contributed by atoms with Crippen LogP contribution in [-0.2, 0) is 4.79 Å². The van der Waals surface area contributed by atoms with Gasteiger partial charge in [0.1, 0.15) is 5.78 Å². The normalized spacial score (nSPS) is 58.0. The van der Waals surface area contributed by atoms with Crippen LogP contribution in [0.3, 0.4) is 0 Å². The predicted molar refractivity (Wildman–Crippen MR) is 133 cm³/mol. The lowest BCUT2D eigenvalue weighted by atomic mass is 9.29. The number of hydrogen-bond donors (Lipinski definition) is 2. The van der Waals surface area contributed by atoms with Gasteiger partial charge < -0.3 is 10.2 Å². The fraction of sp³-hybridized carbons (Fsp3) is 0.967. The van der Waals surface area contributed by atoms with Gasteiger partial charge in [0, 0.05) is 29.8 Å². The molecule has 5 aliphatic rings. The van der Waals surface area contributed by atoms with Gasteiger partial charge in [-0.3, -0.25) is 4.79 Å². The number of aliphatic hydroxyl groups excluding tert-OH is 2. The van der Waals surface area contributed by atoms with Crippen molar-refractivity contribution in [2.45, 2.75) is 119 Å². The summed E-state index contributed by atoms with van der Waals surface area (Å²) >= 11 is 0. The van der Waals surface area contributed by atoms with E-state index < -0.39 is 6.10 Å². The van der Waals surface area contributed by atoms with Gasteiger partial charge in [0.05, 0.1) is 6.10 Å². The highest BCUT2D eigenvalue weighted by molar-refractivity contribution is 5.82. The van der Waals surface area contributed by atoms with Gasteiger partial charge in [0.2, 0.25) is 0 Å². The molecule has 0 amide bonds. The molecule has 0 aromatic rings. The van der Waals surface area contributed by atoms with Crippen molar-refractivity contribution in [1.82, 2.24) is 0 Å². The van der Waals surface area contributed by atoms with Crippen LogP contribution in [0.4, 0.5) is 0 Å². The van der Waals surface area contributed by atoms with Crippen LogP contribution in [0.1, 0.15) is 113 Å². The number of carbonyl (C=O) groups excluding carboxylic acids is 1. The van der Waals surface area contributed by atoms with Crippen LogP contribution < -0.4 is 0 Å². The number of aliphatic hydroxyl groups is 2. The van der Waals surface area contributed by atoms with Crippen LogP contribution in [0.25, 0.3) is 0 Å². The number of ketones is 1. The monoisotopic (exact) mass is 458 g/mol. The van der Waals surface area contributed by atoms with Gasteiger partial charge in [-0.05, 0) is 97.2 Å². The number of fused-ring (bicyclic) bond motifs is 7. The van der Waals surface area contributed by atoms with E-state index in [-0.39, 0.29) is 34.2 Å². The van der Waals surface area contributed by atoms with E-state index >= 15 is 0 Å². The zero-order valence-electron chi connectivity index (χ0n) is 22.5. The third-order valence-corrected chi connectivity index (χ3v) is 13.8. The van der Waals surface area contributed by atoms with E-state index in [1.807, 2.05) is 0 Å². The second kappa shape index (κ2) is 7.09. The first-order valence-corrected chi connectivity index (χ1v) is 14.0. The summed E-state index contributed by atoms with van der Waals surface area (Å²) in [4.78, 5) is 12.8. The average Bonchev–Trinajstić information content (AvgIpc) is 2.75. The maximum Gasteiger partial charge on any atom is 0.136 e. The molecule has 0 bridgehead atoms. The number of Topliss-reactive ketones (excluding diaryl/α,β-unsaturated/α-hetero) is 1. The van der Waals surface area contributed by atoms with Crippen LogP contribution in [0, 0.1) is 56.2 Å². The van der Waals surface area contributed by atoms with Gasteiger partial charge in [-0.2, -0.15) is 0 Å². The van der Waals surface area contributed by atoms with Crippen molar-refractivity contribution in [3.8, 4) is 0 Å². The van der Waals surface area contributed by atoms with Crippen molar-refractivity contribution in [2.75, 3.05) is 6.61 Å². The van der Waals surface area contributed by atoms with E-state index in [1.165, 1.54) is 38.5 Å². The van der Waals surface area contributed by atoms with Crippen molar-refractivity contribution in [3.63, 3.8) is 0 Å². The van der Waals surface area contributed by atoms with E-state index in [9.17, 15) is 15.0 Å². The fourth-order valence-corrected chi connectivity index (χ4v) is 11.2. The quantitative estimate of drug-likeness (QED) is 0.478.